The first kappa shape index (κ1) is 36.5. The van der Waals surface area contributed by atoms with Gasteiger partial charge in [0.05, 0.1) is 38.0 Å². The topological polar surface area (TPSA) is 143 Å². The minimum Gasteiger partial charge on any atom is -0.481 e. The number of allylic oxidation sites excluding steroid dienone is 1. The average Bonchev–Trinajstić information content (AvgIpc) is 3.50. The van der Waals surface area contributed by atoms with Crippen LogP contribution in [0, 0.1) is 72.7 Å². The lowest BCUT2D eigenvalue weighted by molar-refractivity contribution is -0.394. The number of carboxylic acid groups (broad SMARTS) is 1. The fraction of sp³-hybridized carbons (Fsp3) is 0.846. The van der Waals surface area contributed by atoms with Crippen molar-refractivity contribution in [3.05, 3.63) is 34.0 Å². The Morgan fingerprint density at radius 2 is 1.86 bits per heavy atom. The highest BCUT2D eigenvalue weighted by atomic mass is 16.6. The summed E-state index contributed by atoms with van der Waals surface area (Å²) in [5.74, 6) is -0.0244. The molecular formula is C39H62N4O6. The van der Waals surface area contributed by atoms with Crippen LogP contribution >= 0.6 is 0 Å². The molecule has 1 aromatic rings. The smallest absolute Gasteiger partial charge is 0.345 e. The Bertz CT molecular complexity index is 1500. The number of ether oxygens (including phenoxy) is 2. The third kappa shape index (κ3) is 5.03. The van der Waals surface area contributed by atoms with E-state index in [9.17, 15) is 20.0 Å². The van der Waals surface area contributed by atoms with E-state index in [0.717, 1.165) is 25.7 Å². The van der Waals surface area contributed by atoms with Gasteiger partial charge >= 0.3 is 11.8 Å². The van der Waals surface area contributed by atoms with Crippen LogP contribution in [0.5, 0.6) is 0 Å². The summed E-state index contributed by atoms with van der Waals surface area (Å²) in [6.07, 6.45) is 8.56. The summed E-state index contributed by atoms with van der Waals surface area (Å²) in [5, 5.41) is 28.0. The molecule has 4 aliphatic carbocycles. The maximum atomic E-state index is 13.5. The third-order valence-electron chi connectivity index (χ3n) is 16.1. The van der Waals surface area contributed by atoms with Crippen molar-refractivity contribution >= 4 is 11.8 Å². The van der Waals surface area contributed by atoms with Crippen molar-refractivity contribution in [1.29, 1.82) is 0 Å². The summed E-state index contributed by atoms with van der Waals surface area (Å²) in [6, 6.07) is 1.09. The van der Waals surface area contributed by atoms with E-state index in [2.05, 4.69) is 73.5 Å². The van der Waals surface area contributed by atoms with E-state index in [-0.39, 0.29) is 50.7 Å². The van der Waals surface area contributed by atoms with Gasteiger partial charge < -0.3 is 30.4 Å². The lowest BCUT2D eigenvalue weighted by Gasteiger charge is -2.71. The van der Waals surface area contributed by atoms with E-state index >= 15 is 0 Å². The summed E-state index contributed by atoms with van der Waals surface area (Å²) in [5.41, 5.74) is 5.72. The molecular weight excluding hydrogens is 620 g/mol. The lowest BCUT2D eigenvalue weighted by atomic mass is 9.34. The Labute approximate surface area is 293 Å². The molecule has 1 aliphatic heterocycles. The summed E-state index contributed by atoms with van der Waals surface area (Å²) in [4.78, 5) is 25.5. The van der Waals surface area contributed by atoms with Gasteiger partial charge in [0.15, 0.2) is 6.04 Å². The average molecular weight is 683 g/mol. The van der Waals surface area contributed by atoms with E-state index < -0.39 is 40.4 Å². The number of rotatable bonds is 9. The molecule has 10 heteroatoms. The van der Waals surface area contributed by atoms with Gasteiger partial charge in [-0.15, -0.1) is 4.68 Å². The van der Waals surface area contributed by atoms with Crippen molar-refractivity contribution in [3.63, 3.8) is 0 Å². The normalized spacial score (nSPS) is 43.5. The van der Waals surface area contributed by atoms with Gasteiger partial charge in [-0.3, -0.25) is 4.79 Å². The van der Waals surface area contributed by atoms with Crippen LogP contribution in [0.25, 0.3) is 0 Å². The van der Waals surface area contributed by atoms with Crippen LogP contribution in [-0.4, -0.2) is 57.2 Å². The molecule has 4 fully saturated rings. The molecule has 12 atom stereocenters. The van der Waals surface area contributed by atoms with Crippen LogP contribution in [0.4, 0.5) is 5.82 Å². The number of fused-ring (bicyclic) bond motifs is 3. The molecule has 0 unspecified atom stereocenters. The molecule has 1 aromatic heterocycles. The Kier molecular flexibility index (Phi) is 8.84. The largest absolute Gasteiger partial charge is 0.481 e. The maximum Gasteiger partial charge on any atom is 0.345 e. The van der Waals surface area contributed by atoms with Gasteiger partial charge in [-0.1, -0.05) is 79.1 Å². The number of nitrogens with zero attached hydrogens (tertiary/aromatic N) is 3. The second-order valence-electron chi connectivity index (χ2n) is 18.9. The number of hydrogen-bond acceptors (Lipinski definition) is 7. The van der Waals surface area contributed by atoms with Crippen molar-refractivity contribution in [2.24, 2.45) is 68.3 Å². The fourth-order valence-corrected chi connectivity index (χ4v) is 12.2. The summed E-state index contributed by atoms with van der Waals surface area (Å²) >= 11 is 0. The third-order valence-corrected chi connectivity index (χ3v) is 16.1. The molecule has 274 valence electrons. The van der Waals surface area contributed by atoms with Gasteiger partial charge in [-0.25, -0.2) is 0 Å². The first-order valence-electron chi connectivity index (χ1n) is 18.8. The second-order valence-corrected chi connectivity index (χ2v) is 18.9. The molecule has 5 aliphatic rings. The van der Waals surface area contributed by atoms with Crippen molar-refractivity contribution < 1.29 is 24.3 Å². The first-order chi connectivity index (χ1) is 22.7. The number of hydrogen-bond donors (Lipinski definition) is 2. The fourth-order valence-electron chi connectivity index (χ4n) is 12.2. The van der Waals surface area contributed by atoms with Crippen molar-refractivity contribution in [3.8, 4) is 0 Å². The van der Waals surface area contributed by atoms with Crippen molar-refractivity contribution in [2.45, 2.75) is 125 Å². The highest BCUT2D eigenvalue weighted by Crippen LogP contribution is 2.75. The Hall–Kier alpha value is -2.30. The SMILES string of the molecule is CC(C)[C@@H](C)[C@@]1(C)CC[C@]2(C)[C@H]3CC[C@@H]4[C@@]5(C)COC[C@@]4(C3=CC[C@@]2(C)[C@@H]1C(=O)O)[C@@H](OC[C@](C)(N)C(C)C)[C@H](n1nccc1[N+](=O)[O-])C5. The number of nitro groups is 1. The number of aliphatic carboxylic acids is 1. The minimum atomic E-state index is -0.679. The summed E-state index contributed by atoms with van der Waals surface area (Å²) in [7, 11) is 0. The van der Waals surface area contributed by atoms with Crippen LogP contribution < -0.4 is 5.73 Å². The van der Waals surface area contributed by atoms with Crippen LogP contribution in [0.1, 0.15) is 114 Å². The van der Waals surface area contributed by atoms with Crippen molar-refractivity contribution in [1.82, 2.24) is 9.78 Å². The second kappa shape index (κ2) is 11.9. The Balaban J connectivity index is 1.54. The highest BCUT2D eigenvalue weighted by Gasteiger charge is 2.73. The molecule has 3 saturated carbocycles. The van der Waals surface area contributed by atoms with Crippen LogP contribution in [0.15, 0.2) is 23.9 Å². The Morgan fingerprint density at radius 1 is 1.16 bits per heavy atom. The first-order valence-corrected chi connectivity index (χ1v) is 18.8. The standard InChI is InChI=1S/C39H62N4O6/c1-23(2)25(5)35(7)16-17-36(8)26-11-12-29-34(6)19-28(42-30(43(46)47)14-18-41-42)32(49-21-38(10,40)24(3)4)39(29,22-48-20-34)27(26)13-15-37(36,9)31(35)33(44)45/h13-14,18,23-26,28-29,31-32H,11-12,15-17,19-22,40H2,1-10H3,(H,44,45)/t25-,26+,28-,29-,31-,32+,34-,35-,36-,37+,38+,39+/m1/s1. The van der Waals surface area contributed by atoms with E-state index in [1.54, 1.807) is 4.68 Å². The number of nitrogens with two attached hydrogens (primary N) is 1. The van der Waals surface area contributed by atoms with Gasteiger partial charge in [0.2, 0.25) is 0 Å². The molecule has 6 rings (SSSR count). The van der Waals surface area contributed by atoms with Gasteiger partial charge in [-0.2, -0.15) is 0 Å². The van der Waals surface area contributed by atoms with Crippen LogP contribution in [-0.2, 0) is 14.3 Å². The zero-order valence-electron chi connectivity index (χ0n) is 31.6. The molecule has 3 N–H and O–H groups in total. The van der Waals surface area contributed by atoms with Crippen LogP contribution in [0.2, 0.25) is 0 Å². The monoisotopic (exact) mass is 682 g/mol. The zero-order chi connectivity index (χ0) is 36.1. The highest BCUT2D eigenvalue weighted by molar-refractivity contribution is 5.73. The predicted molar refractivity (Wildman–Crippen MR) is 189 cm³/mol. The molecule has 0 amide bonds. The number of aromatic nitrogens is 2. The molecule has 0 spiro atoms. The molecule has 10 nitrogen and oxygen atoms in total. The van der Waals surface area contributed by atoms with E-state index in [4.69, 9.17) is 15.2 Å². The van der Waals surface area contributed by atoms with E-state index in [1.807, 2.05) is 6.92 Å². The van der Waals surface area contributed by atoms with Gasteiger partial charge in [0.25, 0.3) is 0 Å². The Morgan fingerprint density at radius 3 is 2.47 bits per heavy atom. The van der Waals surface area contributed by atoms with Crippen LogP contribution in [0.3, 0.4) is 0 Å². The molecule has 0 aromatic carbocycles. The maximum absolute atomic E-state index is 13.5. The minimum absolute atomic E-state index is 0.0323. The van der Waals surface area contributed by atoms with Gasteiger partial charge in [-0.05, 0) is 95.2 Å². The molecule has 1 saturated heterocycles. The molecule has 0 radical (unpaired) electrons. The molecule has 2 bridgehead atoms. The number of carboxylic acids is 1. The van der Waals surface area contributed by atoms with Gasteiger partial charge in [0, 0.05) is 17.4 Å². The zero-order valence-corrected chi connectivity index (χ0v) is 31.6. The van der Waals surface area contributed by atoms with E-state index in [0.29, 0.717) is 38.6 Å². The molecule has 49 heavy (non-hydrogen) atoms. The quantitative estimate of drug-likeness (QED) is 0.153. The molecule has 2 heterocycles. The van der Waals surface area contributed by atoms with Gasteiger partial charge in [0.1, 0.15) is 6.10 Å². The summed E-state index contributed by atoms with van der Waals surface area (Å²) < 4.78 is 15.4. The van der Waals surface area contributed by atoms with Crippen molar-refractivity contribution in [2.75, 3.05) is 19.8 Å². The predicted octanol–water partition coefficient (Wildman–Crippen LogP) is 7.68. The lowest BCUT2D eigenvalue weighted by Crippen LogP contribution is -2.70. The summed E-state index contributed by atoms with van der Waals surface area (Å²) in [6.45, 7) is 23.4. The van der Waals surface area contributed by atoms with E-state index in [1.165, 1.54) is 17.8 Å². The number of carbonyl (C=O) groups is 1.